The maximum Gasteiger partial charge on any atom is 0.316 e. The fourth-order valence-electron chi connectivity index (χ4n) is 2.46. The summed E-state index contributed by atoms with van der Waals surface area (Å²) in [6, 6.07) is 0. The second kappa shape index (κ2) is 6.73. The minimum absolute atomic E-state index is 0.378. The molecule has 2 N–H and O–H groups in total. The minimum Gasteiger partial charge on any atom is -0.481 e. The number of aliphatic carboxylic acids is 1. The van der Waals surface area contributed by atoms with Crippen LogP contribution in [0.5, 0.6) is 0 Å². The number of hydrogen-bond donors (Lipinski definition) is 2. The van der Waals surface area contributed by atoms with E-state index in [-0.39, 0.29) is 5.91 Å². The lowest BCUT2D eigenvalue weighted by Gasteiger charge is -2.26. The topological polar surface area (TPSA) is 66.4 Å². The largest absolute Gasteiger partial charge is 0.481 e. The molecule has 0 aromatic heterocycles. The number of hydrogen-bond acceptors (Lipinski definition) is 2. The summed E-state index contributed by atoms with van der Waals surface area (Å²) in [5.41, 5.74) is 0.814. The molecule has 0 aromatic rings. The van der Waals surface area contributed by atoms with E-state index >= 15 is 0 Å². The first kappa shape index (κ1) is 15.7. The van der Waals surface area contributed by atoms with Gasteiger partial charge < -0.3 is 10.4 Å². The fraction of sp³-hybridized carbons (Fsp3) is 0.733. The van der Waals surface area contributed by atoms with Crippen molar-refractivity contribution in [2.24, 2.45) is 11.3 Å². The summed E-state index contributed by atoms with van der Waals surface area (Å²) < 4.78 is 0. The normalized spacial score (nSPS) is 17.5. The van der Waals surface area contributed by atoms with Crippen molar-refractivity contribution < 1.29 is 14.7 Å². The van der Waals surface area contributed by atoms with Crippen LogP contribution in [0.3, 0.4) is 0 Å². The molecule has 4 heteroatoms. The van der Waals surface area contributed by atoms with E-state index in [1.165, 1.54) is 18.4 Å². The predicted octanol–water partition coefficient (Wildman–Crippen LogP) is 2.74. The maximum atomic E-state index is 12.0. The molecule has 0 saturated carbocycles. The molecule has 0 fully saturated rings. The molecule has 1 aliphatic carbocycles. The highest BCUT2D eigenvalue weighted by atomic mass is 16.4. The van der Waals surface area contributed by atoms with Gasteiger partial charge >= 0.3 is 5.97 Å². The summed E-state index contributed by atoms with van der Waals surface area (Å²) in [7, 11) is 0. The van der Waals surface area contributed by atoms with Crippen LogP contribution in [0.2, 0.25) is 0 Å². The van der Waals surface area contributed by atoms with Crippen molar-refractivity contribution in [2.45, 2.75) is 52.9 Å². The molecule has 0 aromatic carbocycles. The molecule has 0 bridgehead atoms. The second-order valence-electron chi connectivity index (χ2n) is 6.29. The van der Waals surface area contributed by atoms with Crippen molar-refractivity contribution in [1.29, 1.82) is 0 Å². The van der Waals surface area contributed by atoms with E-state index in [9.17, 15) is 9.59 Å². The molecule has 19 heavy (non-hydrogen) atoms. The third kappa shape index (κ3) is 5.05. The van der Waals surface area contributed by atoms with Crippen molar-refractivity contribution in [3.05, 3.63) is 11.6 Å². The first-order valence-electron chi connectivity index (χ1n) is 7.01. The van der Waals surface area contributed by atoms with Gasteiger partial charge in [0.2, 0.25) is 5.91 Å². The molecular weight excluding hydrogens is 242 g/mol. The number of carbonyl (C=O) groups excluding carboxylic acids is 1. The molecule has 0 radical (unpaired) electrons. The molecule has 0 saturated heterocycles. The highest BCUT2D eigenvalue weighted by Gasteiger charge is 2.37. The first-order valence-corrected chi connectivity index (χ1v) is 7.01. The Kier molecular flexibility index (Phi) is 5.58. The Morgan fingerprint density at radius 3 is 2.53 bits per heavy atom. The Bertz CT molecular complexity index is 366. The number of carboxylic acids is 1. The zero-order valence-corrected chi connectivity index (χ0v) is 12.2. The van der Waals surface area contributed by atoms with Crippen LogP contribution in [0.25, 0.3) is 0 Å². The van der Waals surface area contributed by atoms with Crippen molar-refractivity contribution in [3.8, 4) is 0 Å². The molecule has 0 aliphatic heterocycles. The van der Waals surface area contributed by atoms with Crippen LogP contribution in [-0.2, 0) is 9.59 Å². The molecule has 1 unspecified atom stereocenters. The van der Waals surface area contributed by atoms with Gasteiger partial charge in [-0.1, -0.05) is 32.4 Å². The lowest BCUT2D eigenvalue weighted by atomic mass is 9.80. The molecule has 1 rings (SSSR count). The summed E-state index contributed by atoms with van der Waals surface area (Å²) in [6.45, 7) is 5.85. The zero-order valence-electron chi connectivity index (χ0n) is 12.2. The molecule has 4 nitrogen and oxygen atoms in total. The highest BCUT2D eigenvalue weighted by molar-refractivity contribution is 5.97. The predicted molar refractivity (Wildman–Crippen MR) is 74.8 cm³/mol. The van der Waals surface area contributed by atoms with Crippen LogP contribution >= 0.6 is 0 Å². The number of allylic oxidation sites excluding steroid dienone is 1. The molecule has 108 valence electrons. The SMILES string of the molecule is CC(C)(C)C(C(=O)O)C(=O)NCCC1=CCCCC1. The van der Waals surface area contributed by atoms with Crippen LogP contribution in [-0.4, -0.2) is 23.5 Å². The van der Waals surface area contributed by atoms with E-state index in [1.807, 2.05) is 0 Å². The van der Waals surface area contributed by atoms with Crippen LogP contribution in [0.1, 0.15) is 52.9 Å². The van der Waals surface area contributed by atoms with Crippen molar-refractivity contribution >= 4 is 11.9 Å². The Balaban J connectivity index is 2.45. The van der Waals surface area contributed by atoms with E-state index in [1.54, 1.807) is 20.8 Å². The minimum atomic E-state index is -1.05. The van der Waals surface area contributed by atoms with Crippen LogP contribution < -0.4 is 5.32 Å². The third-order valence-corrected chi connectivity index (χ3v) is 3.51. The smallest absolute Gasteiger partial charge is 0.316 e. The Morgan fingerprint density at radius 2 is 2.05 bits per heavy atom. The number of amides is 1. The standard InChI is InChI=1S/C15H25NO3/c1-15(2,3)12(14(18)19)13(17)16-10-9-11-7-5-4-6-8-11/h7,12H,4-6,8-10H2,1-3H3,(H,16,17)(H,18,19). The fourth-order valence-corrected chi connectivity index (χ4v) is 2.46. The van der Waals surface area contributed by atoms with Gasteiger partial charge in [0.05, 0.1) is 0 Å². The summed E-state index contributed by atoms with van der Waals surface area (Å²) in [5, 5.41) is 11.9. The Morgan fingerprint density at radius 1 is 1.37 bits per heavy atom. The summed E-state index contributed by atoms with van der Waals surface area (Å²) in [4.78, 5) is 23.1. The molecule has 1 atom stereocenters. The summed E-state index contributed by atoms with van der Waals surface area (Å²) in [5.74, 6) is -2.42. The van der Waals surface area contributed by atoms with E-state index in [4.69, 9.17) is 5.11 Å². The van der Waals surface area contributed by atoms with Gasteiger partial charge in [-0.3, -0.25) is 9.59 Å². The first-order chi connectivity index (χ1) is 8.82. The van der Waals surface area contributed by atoms with Crippen molar-refractivity contribution in [1.82, 2.24) is 5.32 Å². The average Bonchev–Trinajstić information content (AvgIpc) is 2.27. The van der Waals surface area contributed by atoms with Gasteiger partial charge in [-0.2, -0.15) is 0 Å². The van der Waals surface area contributed by atoms with Gasteiger partial charge in [0.1, 0.15) is 5.92 Å². The van der Waals surface area contributed by atoms with Crippen LogP contribution in [0.15, 0.2) is 11.6 Å². The van der Waals surface area contributed by atoms with E-state index in [0.717, 1.165) is 19.3 Å². The number of carboxylic acid groups (broad SMARTS) is 1. The third-order valence-electron chi connectivity index (χ3n) is 3.51. The van der Waals surface area contributed by atoms with Crippen molar-refractivity contribution in [3.63, 3.8) is 0 Å². The second-order valence-corrected chi connectivity index (χ2v) is 6.29. The average molecular weight is 267 g/mol. The Hall–Kier alpha value is -1.32. The van der Waals surface area contributed by atoms with E-state index in [2.05, 4.69) is 11.4 Å². The van der Waals surface area contributed by atoms with Gasteiger partial charge in [0.15, 0.2) is 0 Å². The molecule has 1 amide bonds. The highest BCUT2D eigenvalue weighted by Crippen LogP contribution is 2.26. The molecule has 0 heterocycles. The quantitative estimate of drug-likeness (QED) is 0.594. The van der Waals surface area contributed by atoms with Crippen molar-refractivity contribution in [2.75, 3.05) is 6.54 Å². The van der Waals surface area contributed by atoms with E-state index in [0.29, 0.717) is 6.54 Å². The monoisotopic (exact) mass is 267 g/mol. The van der Waals surface area contributed by atoms with Crippen LogP contribution in [0.4, 0.5) is 0 Å². The van der Waals surface area contributed by atoms with Gasteiger partial charge in [-0.05, 0) is 37.5 Å². The lowest BCUT2D eigenvalue weighted by molar-refractivity contribution is -0.151. The van der Waals surface area contributed by atoms with Gasteiger partial charge in [-0.15, -0.1) is 0 Å². The van der Waals surface area contributed by atoms with Gasteiger partial charge in [0, 0.05) is 6.54 Å². The molecule has 0 spiro atoms. The van der Waals surface area contributed by atoms with Gasteiger partial charge in [-0.25, -0.2) is 0 Å². The molecule has 1 aliphatic rings. The number of nitrogens with one attached hydrogen (secondary N) is 1. The lowest BCUT2D eigenvalue weighted by Crippen LogP contribution is -2.43. The maximum absolute atomic E-state index is 12.0. The molecular formula is C15H25NO3. The number of rotatable bonds is 5. The van der Waals surface area contributed by atoms with Gasteiger partial charge in [0.25, 0.3) is 0 Å². The Labute approximate surface area is 115 Å². The summed E-state index contributed by atoms with van der Waals surface area (Å²) in [6.07, 6.45) is 7.79. The summed E-state index contributed by atoms with van der Waals surface area (Å²) >= 11 is 0. The number of carbonyl (C=O) groups is 2. The van der Waals surface area contributed by atoms with E-state index < -0.39 is 17.3 Å². The van der Waals surface area contributed by atoms with Crippen LogP contribution in [0, 0.1) is 11.3 Å². The zero-order chi connectivity index (χ0) is 14.5.